The molecule has 34 heavy (non-hydrogen) atoms. The number of amides is 1. The summed E-state index contributed by atoms with van der Waals surface area (Å²) in [4.78, 5) is 23.0. The average molecular weight is 467 g/mol. The fourth-order valence-electron chi connectivity index (χ4n) is 3.74. The van der Waals surface area contributed by atoms with E-state index in [0.717, 1.165) is 51.4 Å². The summed E-state index contributed by atoms with van der Waals surface area (Å²) in [6, 6.07) is 8.20. The number of nitriles is 1. The van der Waals surface area contributed by atoms with Crippen molar-refractivity contribution in [1.82, 2.24) is 20.2 Å². The van der Waals surface area contributed by atoms with Crippen molar-refractivity contribution < 1.29 is 14.3 Å². The summed E-state index contributed by atoms with van der Waals surface area (Å²) in [6.07, 6.45) is 3.70. The summed E-state index contributed by atoms with van der Waals surface area (Å²) in [5.41, 5.74) is 2.48. The van der Waals surface area contributed by atoms with Crippen molar-refractivity contribution >= 4 is 11.6 Å². The van der Waals surface area contributed by atoms with Crippen molar-refractivity contribution in [3.8, 4) is 11.8 Å². The fraction of sp³-hybridized carbons (Fsp3) is 0.520. The molecule has 1 aliphatic rings. The first kappa shape index (κ1) is 25.6. The topological polar surface area (TPSA) is 112 Å². The van der Waals surface area contributed by atoms with Crippen LogP contribution in [0.5, 0.6) is 5.75 Å². The molecular formula is C25H34N6O3. The largest absolute Gasteiger partial charge is 0.489 e. The lowest BCUT2D eigenvalue weighted by atomic mass is 10.1. The van der Waals surface area contributed by atoms with Gasteiger partial charge >= 0.3 is 0 Å². The predicted molar refractivity (Wildman–Crippen MR) is 130 cm³/mol. The van der Waals surface area contributed by atoms with Gasteiger partial charge < -0.3 is 20.1 Å². The van der Waals surface area contributed by atoms with Crippen LogP contribution in [0.1, 0.15) is 37.7 Å². The predicted octanol–water partition coefficient (Wildman–Crippen LogP) is 2.17. The lowest BCUT2D eigenvalue weighted by Crippen LogP contribution is -2.44. The Bertz CT molecular complexity index is 968. The molecule has 1 aromatic heterocycles. The van der Waals surface area contributed by atoms with E-state index in [1.165, 1.54) is 12.4 Å². The summed E-state index contributed by atoms with van der Waals surface area (Å²) in [5, 5.41) is 15.3. The molecule has 0 aliphatic carbocycles. The van der Waals surface area contributed by atoms with Crippen LogP contribution in [0, 0.1) is 11.3 Å². The third kappa shape index (κ3) is 8.37. The molecule has 0 bridgehead atoms. The zero-order valence-corrected chi connectivity index (χ0v) is 20.2. The number of morpholine rings is 1. The third-order valence-corrected chi connectivity index (χ3v) is 5.39. The standard InChI is InChI=1S/C25H34N6O3/c1-18(2)34-24-12-20(6-7-27-19(3)17-31-8-10-33-11-9-31)4-5-23(24)30-25(32)13-21-15-29-22(14-26)16-28-21/h4-5,12,15-16,18-19,27H,6-11,13,17H2,1-3H3,(H,30,32)/t19-/m0/s1. The van der Waals surface area contributed by atoms with Crippen LogP contribution in [-0.4, -0.2) is 72.3 Å². The maximum atomic E-state index is 12.5. The van der Waals surface area contributed by atoms with Gasteiger partial charge in [-0.2, -0.15) is 5.26 Å². The van der Waals surface area contributed by atoms with Gasteiger partial charge in [-0.15, -0.1) is 0 Å². The van der Waals surface area contributed by atoms with E-state index in [0.29, 0.717) is 23.2 Å². The van der Waals surface area contributed by atoms with E-state index in [2.05, 4.69) is 32.4 Å². The first-order chi connectivity index (χ1) is 16.4. The number of carbonyl (C=O) groups excluding carboxylic acids is 1. The molecule has 182 valence electrons. The van der Waals surface area contributed by atoms with Crippen molar-refractivity contribution in [2.75, 3.05) is 44.7 Å². The van der Waals surface area contributed by atoms with Gasteiger partial charge in [0.25, 0.3) is 0 Å². The number of benzene rings is 1. The quantitative estimate of drug-likeness (QED) is 0.518. The van der Waals surface area contributed by atoms with Gasteiger partial charge in [-0.1, -0.05) is 6.07 Å². The van der Waals surface area contributed by atoms with Crippen LogP contribution in [0.2, 0.25) is 0 Å². The molecule has 2 aromatic rings. The monoisotopic (exact) mass is 466 g/mol. The summed E-state index contributed by atoms with van der Waals surface area (Å²) in [7, 11) is 0. The molecule has 1 aromatic carbocycles. The van der Waals surface area contributed by atoms with Crippen molar-refractivity contribution in [3.63, 3.8) is 0 Å². The zero-order chi connectivity index (χ0) is 24.3. The van der Waals surface area contributed by atoms with Gasteiger partial charge in [-0.3, -0.25) is 14.7 Å². The van der Waals surface area contributed by atoms with E-state index in [9.17, 15) is 4.79 Å². The number of hydrogen-bond donors (Lipinski definition) is 2. The highest BCUT2D eigenvalue weighted by Gasteiger charge is 2.14. The van der Waals surface area contributed by atoms with Gasteiger partial charge in [-0.25, -0.2) is 4.98 Å². The molecule has 0 radical (unpaired) electrons. The summed E-state index contributed by atoms with van der Waals surface area (Å²) in [6.45, 7) is 11.6. The number of anilines is 1. The minimum atomic E-state index is -0.223. The number of carbonyl (C=O) groups is 1. The maximum Gasteiger partial charge on any atom is 0.230 e. The molecule has 1 fully saturated rings. The first-order valence-electron chi connectivity index (χ1n) is 11.8. The number of nitrogens with one attached hydrogen (secondary N) is 2. The highest BCUT2D eigenvalue weighted by Crippen LogP contribution is 2.27. The van der Waals surface area contributed by atoms with Gasteiger partial charge in [0, 0.05) is 25.7 Å². The first-order valence-corrected chi connectivity index (χ1v) is 11.8. The highest BCUT2D eigenvalue weighted by atomic mass is 16.5. The van der Waals surface area contributed by atoms with Crippen LogP contribution >= 0.6 is 0 Å². The molecule has 3 rings (SSSR count). The van der Waals surface area contributed by atoms with Crippen molar-refractivity contribution in [2.45, 2.75) is 45.8 Å². The van der Waals surface area contributed by atoms with Gasteiger partial charge in [0.15, 0.2) is 5.69 Å². The van der Waals surface area contributed by atoms with E-state index >= 15 is 0 Å². The number of nitrogens with zero attached hydrogens (tertiary/aromatic N) is 4. The van der Waals surface area contributed by atoms with Crippen LogP contribution < -0.4 is 15.4 Å². The van der Waals surface area contributed by atoms with Crippen molar-refractivity contribution in [1.29, 1.82) is 5.26 Å². The molecule has 1 saturated heterocycles. The Balaban J connectivity index is 1.54. The Hall–Kier alpha value is -3.06. The van der Waals surface area contributed by atoms with Gasteiger partial charge in [0.05, 0.1) is 49.5 Å². The SMILES string of the molecule is CC(C)Oc1cc(CCN[C@@H](C)CN2CCOCC2)ccc1NC(=O)Cc1cnc(C#N)cn1. The normalized spacial score (nSPS) is 15.0. The molecule has 0 unspecified atom stereocenters. The Kier molecular flexibility index (Phi) is 9.76. The van der Waals surface area contributed by atoms with E-state index in [1.807, 2.05) is 38.1 Å². The Labute approximate surface area is 201 Å². The van der Waals surface area contributed by atoms with Gasteiger partial charge in [0.1, 0.15) is 11.8 Å². The second-order valence-electron chi connectivity index (χ2n) is 8.75. The molecule has 1 aliphatic heterocycles. The van der Waals surface area contributed by atoms with Crippen LogP contribution in [0.4, 0.5) is 5.69 Å². The van der Waals surface area contributed by atoms with Gasteiger partial charge in [0.2, 0.25) is 5.91 Å². The highest BCUT2D eigenvalue weighted by molar-refractivity contribution is 5.93. The fourth-order valence-corrected chi connectivity index (χ4v) is 3.74. The van der Waals surface area contributed by atoms with Gasteiger partial charge in [-0.05, 0) is 51.4 Å². The zero-order valence-electron chi connectivity index (χ0n) is 20.2. The minimum absolute atomic E-state index is 0.0260. The molecule has 9 nitrogen and oxygen atoms in total. The molecule has 0 saturated carbocycles. The lowest BCUT2D eigenvalue weighted by molar-refractivity contribution is -0.115. The molecule has 2 N–H and O–H groups in total. The average Bonchev–Trinajstić information content (AvgIpc) is 2.81. The molecule has 9 heteroatoms. The molecule has 1 amide bonds. The second kappa shape index (κ2) is 13.0. The number of rotatable bonds is 11. The summed E-state index contributed by atoms with van der Waals surface area (Å²) >= 11 is 0. The third-order valence-electron chi connectivity index (χ3n) is 5.39. The minimum Gasteiger partial charge on any atom is -0.489 e. The van der Waals surface area contributed by atoms with Crippen molar-refractivity contribution in [2.24, 2.45) is 0 Å². The maximum absolute atomic E-state index is 12.5. The van der Waals surface area contributed by atoms with Crippen LogP contribution in [0.25, 0.3) is 0 Å². The molecule has 2 heterocycles. The Morgan fingerprint density at radius 2 is 2.03 bits per heavy atom. The smallest absolute Gasteiger partial charge is 0.230 e. The summed E-state index contributed by atoms with van der Waals surface area (Å²) < 4.78 is 11.4. The lowest BCUT2D eigenvalue weighted by Gasteiger charge is -2.29. The Morgan fingerprint density at radius 3 is 2.71 bits per heavy atom. The Morgan fingerprint density at radius 1 is 1.24 bits per heavy atom. The van der Waals surface area contributed by atoms with E-state index in [-0.39, 0.29) is 24.1 Å². The number of aromatic nitrogens is 2. The van der Waals surface area contributed by atoms with E-state index in [4.69, 9.17) is 14.7 Å². The number of ether oxygens (including phenoxy) is 2. The van der Waals surface area contributed by atoms with Crippen LogP contribution in [0.3, 0.4) is 0 Å². The summed E-state index contributed by atoms with van der Waals surface area (Å²) in [5.74, 6) is 0.423. The number of hydrogen-bond acceptors (Lipinski definition) is 8. The van der Waals surface area contributed by atoms with E-state index in [1.54, 1.807) is 0 Å². The molecule has 1 atom stereocenters. The second-order valence-corrected chi connectivity index (χ2v) is 8.75. The molecule has 0 spiro atoms. The van der Waals surface area contributed by atoms with Crippen molar-refractivity contribution in [3.05, 3.63) is 47.5 Å². The molecular weight excluding hydrogens is 432 g/mol. The van der Waals surface area contributed by atoms with Crippen LogP contribution in [0.15, 0.2) is 30.6 Å². The van der Waals surface area contributed by atoms with E-state index < -0.39 is 0 Å². The van der Waals surface area contributed by atoms with Crippen LogP contribution in [-0.2, 0) is 22.4 Å².